The molecule has 1 aromatic carbocycles. The highest BCUT2D eigenvalue weighted by Gasteiger charge is 2.15. The molecule has 2 aromatic rings. The predicted molar refractivity (Wildman–Crippen MR) is 82.4 cm³/mol. The summed E-state index contributed by atoms with van der Waals surface area (Å²) >= 11 is 1.41. The van der Waals surface area contributed by atoms with Gasteiger partial charge in [-0.2, -0.15) is 10.4 Å². The second kappa shape index (κ2) is 6.24. The van der Waals surface area contributed by atoms with Gasteiger partial charge in [0, 0.05) is 11.3 Å². The van der Waals surface area contributed by atoms with Crippen molar-refractivity contribution in [3.05, 3.63) is 35.0 Å². The Morgan fingerprint density at radius 1 is 1.14 bits per heavy atom. The van der Waals surface area contributed by atoms with Gasteiger partial charge in [0.2, 0.25) is 0 Å². The summed E-state index contributed by atoms with van der Waals surface area (Å²) in [6.45, 7) is 5.06. The highest BCUT2D eigenvalue weighted by molar-refractivity contribution is 7.99. The maximum absolute atomic E-state index is 9.36. The number of fused-ring (bicyclic) bond motifs is 1. The van der Waals surface area contributed by atoms with Crippen LogP contribution in [0, 0.1) is 25.2 Å². The monoisotopic (exact) mass is 313 g/mol. The minimum atomic E-state index is 0.574. The lowest BCUT2D eigenvalue weighted by atomic mass is 10.1. The fourth-order valence-corrected chi connectivity index (χ4v) is 3.02. The number of rotatable bonds is 2. The molecule has 0 bridgehead atoms. The van der Waals surface area contributed by atoms with Gasteiger partial charge in [0.05, 0.1) is 24.5 Å². The van der Waals surface area contributed by atoms with Crippen LogP contribution in [0.2, 0.25) is 0 Å². The Morgan fingerprint density at radius 2 is 1.91 bits per heavy atom. The zero-order chi connectivity index (χ0) is 15.5. The van der Waals surface area contributed by atoms with E-state index in [1.165, 1.54) is 11.8 Å². The van der Waals surface area contributed by atoms with Gasteiger partial charge in [-0.1, -0.05) is 11.8 Å². The van der Waals surface area contributed by atoms with Crippen molar-refractivity contribution in [2.24, 2.45) is 0 Å². The quantitative estimate of drug-likeness (QED) is 0.847. The summed E-state index contributed by atoms with van der Waals surface area (Å²) < 4.78 is 11.3. The summed E-state index contributed by atoms with van der Waals surface area (Å²) in [5.74, 6) is 1.49. The molecule has 1 aliphatic heterocycles. The standard InChI is InChI=1S/C16H15N3O2S/c1-10-11(2)18-19-16(13(10)9-17)22-12-4-5-14-15(8-12)21-7-3-6-20-14/h4-5,8H,3,6-7H2,1-2H3. The molecule has 2 heterocycles. The second-order valence-electron chi connectivity index (χ2n) is 4.96. The first-order valence-electron chi connectivity index (χ1n) is 7.00. The zero-order valence-electron chi connectivity index (χ0n) is 12.4. The van der Waals surface area contributed by atoms with Crippen LogP contribution < -0.4 is 9.47 Å². The molecule has 1 aromatic heterocycles. The molecule has 0 saturated carbocycles. The lowest BCUT2D eigenvalue weighted by Crippen LogP contribution is -1.99. The van der Waals surface area contributed by atoms with Gasteiger partial charge in [-0.25, -0.2) is 0 Å². The van der Waals surface area contributed by atoms with Gasteiger partial charge in [-0.3, -0.25) is 0 Å². The van der Waals surface area contributed by atoms with Crippen LogP contribution in [0.5, 0.6) is 11.5 Å². The summed E-state index contributed by atoms with van der Waals surface area (Å²) in [5, 5.41) is 18.2. The van der Waals surface area contributed by atoms with E-state index in [1.807, 2.05) is 32.0 Å². The molecule has 0 unspecified atom stereocenters. The largest absolute Gasteiger partial charge is 0.490 e. The van der Waals surface area contributed by atoms with Gasteiger partial charge in [-0.05, 0) is 37.6 Å². The van der Waals surface area contributed by atoms with Crippen molar-refractivity contribution in [3.63, 3.8) is 0 Å². The summed E-state index contributed by atoms with van der Waals surface area (Å²) in [5.41, 5.74) is 2.22. The fraction of sp³-hybridized carbons (Fsp3) is 0.312. The molecular formula is C16H15N3O2S. The van der Waals surface area contributed by atoms with E-state index in [4.69, 9.17) is 9.47 Å². The van der Waals surface area contributed by atoms with Gasteiger partial charge >= 0.3 is 0 Å². The van der Waals surface area contributed by atoms with Crippen LogP contribution in [-0.2, 0) is 0 Å². The highest BCUT2D eigenvalue weighted by Crippen LogP contribution is 2.37. The van der Waals surface area contributed by atoms with E-state index >= 15 is 0 Å². The molecule has 5 nitrogen and oxygen atoms in total. The van der Waals surface area contributed by atoms with E-state index in [2.05, 4.69) is 16.3 Å². The van der Waals surface area contributed by atoms with Crippen molar-refractivity contribution in [2.75, 3.05) is 13.2 Å². The lowest BCUT2D eigenvalue weighted by molar-refractivity contribution is 0.297. The highest BCUT2D eigenvalue weighted by atomic mass is 32.2. The second-order valence-corrected chi connectivity index (χ2v) is 6.03. The molecule has 0 fully saturated rings. The molecule has 22 heavy (non-hydrogen) atoms. The molecule has 0 atom stereocenters. The number of aryl methyl sites for hydroxylation is 1. The Labute approximate surface area is 133 Å². The van der Waals surface area contributed by atoms with Crippen LogP contribution in [-0.4, -0.2) is 23.4 Å². The van der Waals surface area contributed by atoms with E-state index < -0.39 is 0 Å². The predicted octanol–water partition coefficient (Wildman–Crippen LogP) is 3.28. The van der Waals surface area contributed by atoms with E-state index in [0.29, 0.717) is 23.8 Å². The number of hydrogen-bond acceptors (Lipinski definition) is 6. The molecule has 0 N–H and O–H groups in total. The van der Waals surface area contributed by atoms with Gasteiger partial charge in [0.25, 0.3) is 0 Å². The maximum Gasteiger partial charge on any atom is 0.162 e. The molecule has 112 valence electrons. The van der Waals surface area contributed by atoms with Crippen LogP contribution in [0.1, 0.15) is 23.2 Å². The summed E-state index contributed by atoms with van der Waals surface area (Å²) in [4.78, 5) is 0.943. The van der Waals surface area contributed by atoms with Crippen LogP contribution >= 0.6 is 11.8 Å². The minimum Gasteiger partial charge on any atom is -0.490 e. The first-order valence-corrected chi connectivity index (χ1v) is 7.82. The van der Waals surface area contributed by atoms with Crippen molar-refractivity contribution in [2.45, 2.75) is 30.2 Å². The summed E-state index contributed by atoms with van der Waals surface area (Å²) in [6.07, 6.45) is 0.873. The average Bonchev–Trinajstić information content (AvgIpc) is 2.76. The van der Waals surface area contributed by atoms with Crippen LogP contribution in [0.25, 0.3) is 0 Å². The van der Waals surface area contributed by atoms with Crippen molar-refractivity contribution < 1.29 is 9.47 Å². The third kappa shape index (κ3) is 2.85. The average molecular weight is 313 g/mol. The molecule has 6 heteroatoms. The number of benzene rings is 1. The lowest BCUT2D eigenvalue weighted by Gasteiger charge is -2.10. The molecule has 1 aliphatic rings. The van der Waals surface area contributed by atoms with E-state index in [1.54, 1.807) is 0 Å². The van der Waals surface area contributed by atoms with Gasteiger partial charge in [0.1, 0.15) is 11.1 Å². The van der Waals surface area contributed by atoms with E-state index in [9.17, 15) is 5.26 Å². The number of nitriles is 1. The minimum absolute atomic E-state index is 0.574. The van der Waals surface area contributed by atoms with Gasteiger partial charge < -0.3 is 9.47 Å². The van der Waals surface area contributed by atoms with Crippen LogP contribution in [0.4, 0.5) is 0 Å². The third-order valence-electron chi connectivity index (χ3n) is 3.47. The Kier molecular flexibility index (Phi) is 4.16. The summed E-state index contributed by atoms with van der Waals surface area (Å²) in [6, 6.07) is 7.97. The molecule has 0 amide bonds. The molecule has 0 radical (unpaired) electrons. The number of hydrogen-bond donors (Lipinski definition) is 0. The van der Waals surface area contributed by atoms with Crippen LogP contribution in [0.3, 0.4) is 0 Å². The maximum atomic E-state index is 9.36. The fourth-order valence-electron chi connectivity index (χ4n) is 2.11. The van der Waals surface area contributed by atoms with Crippen molar-refractivity contribution >= 4 is 11.8 Å². The topological polar surface area (TPSA) is 68.0 Å². The summed E-state index contributed by atoms with van der Waals surface area (Å²) in [7, 11) is 0. The normalized spacial score (nSPS) is 13.3. The Balaban J connectivity index is 1.93. The molecular weight excluding hydrogens is 298 g/mol. The Bertz CT molecular complexity index is 756. The van der Waals surface area contributed by atoms with Crippen molar-refractivity contribution in [3.8, 4) is 17.6 Å². The van der Waals surface area contributed by atoms with Crippen molar-refractivity contribution in [1.82, 2.24) is 10.2 Å². The number of nitrogens with zero attached hydrogens (tertiary/aromatic N) is 3. The third-order valence-corrected chi connectivity index (χ3v) is 4.44. The van der Waals surface area contributed by atoms with Gasteiger partial charge in [-0.15, -0.1) is 5.10 Å². The Morgan fingerprint density at radius 3 is 2.68 bits per heavy atom. The molecule has 0 saturated heterocycles. The zero-order valence-corrected chi connectivity index (χ0v) is 13.2. The molecule has 0 spiro atoms. The van der Waals surface area contributed by atoms with Crippen LogP contribution in [0.15, 0.2) is 28.1 Å². The smallest absolute Gasteiger partial charge is 0.162 e. The number of aromatic nitrogens is 2. The Hall–Kier alpha value is -2.26. The van der Waals surface area contributed by atoms with E-state index in [0.717, 1.165) is 34.1 Å². The molecule has 3 rings (SSSR count). The first kappa shape index (κ1) is 14.7. The van der Waals surface area contributed by atoms with Gasteiger partial charge in [0.15, 0.2) is 11.5 Å². The van der Waals surface area contributed by atoms with Crippen molar-refractivity contribution in [1.29, 1.82) is 5.26 Å². The van der Waals surface area contributed by atoms with E-state index in [-0.39, 0.29) is 0 Å². The first-order chi connectivity index (χ1) is 10.7. The molecule has 0 aliphatic carbocycles. The number of ether oxygens (including phenoxy) is 2. The SMILES string of the molecule is Cc1nnc(Sc2ccc3c(c2)OCCCO3)c(C#N)c1C.